The highest BCUT2D eigenvalue weighted by molar-refractivity contribution is 9.10. The second-order valence-corrected chi connectivity index (χ2v) is 5.34. The topological polar surface area (TPSA) is 64.4 Å². The van der Waals surface area contributed by atoms with E-state index in [1.807, 2.05) is 0 Å². The summed E-state index contributed by atoms with van der Waals surface area (Å²) < 4.78 is 18.8. The molecule has 1 unspecified atom stereocenters. The van der Waals surface area contributed by atoms with Crippen LogP contribution in [-0.2, 0) is 4.74 Å². The molecular weight excluding hydrogens is 319 g/mol. The predicted octanol–water partition coefficient (Wildman–Crippen LogP) is 3.33. The molecule has 5 nitrogen and oxygen atoms in total. The van der Waals surface area contributed by atoms with Crippen LogP contribution < -0.4 is 5.32 Å². The molecule has 0 radical (unpaired) electrons. The van der Waals surface area contributed by atoms with Crippen LogP contribution >= 0.6 is 15.9 Å². The summed E-state index contributed by atoms with van der Waals surface area (Å²) in [6, 6.07) is 2.32. The Balaban J connectivity index is 2.01. The van der Waals surface area contributed by atoms with Gasteiger partial charge in [-0.25, -0.2) is 4.39 Å². The van der Waals surface area contributed by atoms with Gasteiger partial charge in [-0.1, -0.05) is 0 Å². The van der Waals surface area contributed by atoms with Crippen molar-refractivity contribution in [3.63, 3.8) is 0 Å². The maximum absolute atomic E-state index is 13.3. The molecule has 1 heterocycles. The lowest BCUT2D eigenvalue weighted by atomic mass is 10.1. The number of hydrogen-bond acceptors (Lipinski definition) is 4. The minimum absolute atomic E-state index is 0.213. The van der Waals surface area contributed by atoms with Crippen molar-refractivity contribution in [2.24, 2.45) is 5.92 Å². The first kappa shape index (κ1) is 14.2. The summed E-state index contributed by atoms with van der Waals surface area (Å²) in [6.45, 7) is 2.14. The normalized spacial score (nSPS) is 18.5. The van der Waals surface area contributed by atoms with E-state index < -0.39 is 10.7 Å². The van der Waals surface area contributed by atoms with Crippen LogP contribution in [0.5, 0.6) is 0 Å². The molecule has 1 aliphatic heterocycles. The predicted molar refractivity (Wildman–Crippen MR) is 72.8 cm³/mol. The van der Waals surface area contributed by atoms with Crippen molar-refractivity contribution in [3.05, 3.63) is 32.5 Å². The van der Waals surface area contributed by atoms with Crippen molar-refractivity contribution in [1.82, 2.24) is 0 Å². The van der Waals surface area contributed by atoms with Gasteiger partial charge in [-0.2, -0.15) is 0 Å². The summed E-state index contributed by atoms with van der Waals surface area (Å²) in [6.07, 6.45) is 1.91. The number of nitro groups is 1. The minimum atomic E-state index is -0.638. The molecule has 0 bridgehead atoms. The average Bonchev–Trinajstić information content (AvgIpc) is 2.86. The number of anilines is 1. The van der Waals surface area contributed by atoms with Crippen molar-refractivity contribution in [2.75, 3.05) is 25.1 Å². The molecule has 19 heavy (non-hydrogen) atoms. The molecule has 0 aromatic heterocycles. The van der Waals surface area contributed by atoms with Crippen molar-refractivity contribution in [1.29, 1.82) is 0 Å². The zero-order chi connectivity index (χ0) is 13.8. The molecule has 0 spiro atoms. The number of ether oxygens (including phenoxy) is 1. The van der Waals surface area contributed by atoms with Crippen LogP contribution in [0.25, 0.3) is 0 Å². The van der Waals surface area contributed by atoms with Crippen LogP contribution in [0.1, 0.15) is 12.8 Å². The zero-order valence-electron chi connectivity index (χ0n) is 10.2. The van der Waals surface area contributed by atoms with Gasteiger partial charge in [0, 0.05) is 19.8 Å². The highest BCUT2D eigenvalue weighted by atomic mass is 79.9. The lowest BCUT2D eigenvalue weighted by Gasteiger charge is -2.10. The maximum atomic E-state index is 13.3. The van der Waals surface area contributed by atoms with Gasteiger partial charge in [0.05, 0.1) is 15.5 Å². The van der Waals surface area contributed by atoms with Crippen molar-refractivity contribution < 1.29 is 14.1 Å². The SMILES string of the molecule is O=[N+]([O-])c1cc(F)c(Br)cc1NCCC1CCOC1. The highest BCUT2D eigenvalue weighted by Gasteiger charge is 2.19. The summed E-state index contributed by atoms with van der Waals surface area (Å²) in [4.78, 5) is 10.3. The Morgan fingerprint density at radius 3 is 3.00 bits per heavy atom. The standard InChI is InChI=1S/C12H14BrFN2O3/c13-9-5-11(12(16(17)18)6-10(9)14)15-3-1-8-2-4-19-7-8/h5-6,8,15H,1-4,7H2. The molecule has 0 aliphatic carbocycles. The quantitative estimate of drug-likeness (QED) is 0.663. The Hall–Kier alpha value is -1.21. The van der Waals surface area contributed by atoms with Gasteiger partial charge in [-0.15, -0.1) is 0 Å². The summed E-state index contributed by atoms with van der Waals surface area (Å²) >= 11 is 3.03. The van der Waals surface area contributed by atoms with Gasteiger partial charge in [-0.3, -0.25) is 10.1 Å². The van der Waals surface area contributed by atoms with E-state index in [0.717, 1.165) is 32.1 Å². The molecule has 0 amide bonds. The Kier molecular flexibility index (Phi) is 4.71. The number of halogens is 2. The van der Waals surface area contributed by atoms with Gasteiger partial charge in [-0.05, 0) is 40.8 Å². The fourth-order valence-corrected chi connectivity index (χ4v) is 2.39. The third-order valence-electron chi connectivity index (χ3n) is 3.13. The van der Waals surface area contributed by atoms with Crippen LogP contribution in [0.3, 0.4) is 0 Å². The van der Waals surface area contributed by atoms with Crippen LogP contribution in [0.2, 0.25) is 0 Å². The summed E-state index contributed by atoms with van der Waals surface area (Å²) in [5, 5.41) is 13.9. The molecule has 1 aromatic rings. The van der Waals surface area contributed by atoms with Crippen LogP contribution in [0, 0.1) is 21.8 Å². The molecule has 1 saturated heterocycles. The van der Waals surface area contributed by atoms with Gasteiger partial charge < -0.3 is 10.1 Å². The van der Waals surface area contributed by atoms with Gasteiger partial charge >= 0.3 is 0 Å². The summed E-state index contributed by atoms with van der Waals surface area (Å²) in [7, 11) is 0. The van der Waals surface area contributed by atoms with Gasteiger partial charge in [0.15, 0.2) is 0 Å². The molecular formula is C12H14BrFN2O3. The highest BCUT2D eigenvalue weighted by Crippen LogP contribution is 2.30. The average molecular weight is 333 g/mol. The monoisotopic (exact) mass is 332 g/mol. The van der Waals surface area contributed by atoms with Crippen molar-refractivity contribution in [2.45, 2.75) is 12.8 Å². The van der Waals surface area contributed by atoms with Crippen molar-refractivity contribution >= 4 is 27.3 Å². The van der Waals surface area contributed by atoms with Gasteiger partial charge in [0.1, 0.15) is 11.5 Å². The number of nitrogens with one attached hydrogen (secondary N) is 1. The molecule has 0 saturated carbocycles. The lowest BCUT2D eigenvalue weighted by Crippen LogP contribution is -2.10. The van der Waals surface area contributed by atoms with E-state index in [2.05, 4.69) is 21.2 Å². The molecule has 2 rings (SSSR count). The first-order valence-electron chi connectivity index (χ1n) is 6.03. The van der Waals surface area contributed by atoms with E-state index in [0.29, 0.717) is 18.2 Å². The number of nitro benzene ring substituents is 1. The van der Waals surface area contributed by atoms with Crippen LogP contribution in [-0.4, -0.2) is 24.7 Å². The molecule has 1 N–H and O–H groups in total. The Morgan fingerprint density at radius 1 is 1.58 bits per heavy atom. The summed E-state index contributed by atoms with van der Waals surface area (Å²) in [5.41, 5.74) is 0.0839. The van der Waals surface area contributed by atoms with Gasteiger partial charge in [0.25, 0.3) is 5.69 Å². The molecule has 1 aromatic carbocycles. The van der Waals surface area contributed by atoms with E-state index in [-0.39, 0.29) is 10.2 Å². The largest absolute Gasteiger partial charge is 0.381 e. The van der Waals surface area contributed by atoms with Crippen molar-refractivity contribution in [3.8, 4) is 0 Å². The molecule has 104 valence electrons. The third kappa shape index (κ3) is 3.63. The molecule has 1 fully saturated rings. The number of rotatable bonds is 5. The lowest BCUT2D eigenvalue weighted by molar-refractivity contribution is -0.384. The van der Waals surface area contributed by atoms with E-state index in [4.69, 9.17) is 4.74 Å². The van der Waals surface area contributed by atoms with Crippen LogP contribution in [0.15, 0.2) is 16.6 Å². The fourth-order valence-electron chi connectivity index (χ4n) is 2.05. The number of hydrogen-bond donors (Lipinski definition) is 1. The van der Waals surface area contributed by atoms with E-state index in [1.165, 1.54) is 6.07 Å². The first-order chi connectivity index (χ1) is 9.08. The van der Waals surface area contributed by atoms with Crippen LogP contribution in [0.4, 0.5) is 15.8 Å². The van der Waals surface area contributed by atoms with E-state index in [9.17, 15) is 14.5 Å². The number of nitrogens with zero attached hydrogens (tertiary/aromatic N) is 1. The Morgan fingerprint density at radius 2 is 2.37 bits per heavy atom. The maximum Gasteiger partial charge on any atom is 0.295 e. The second-order valence-electron chi connectivity index (χ2n) is 4.49. The fraction of sp³-hybridized carbons (Fsp3) is 0.500. The molecule has 1 aliphatic rings. The smallest absolute Gasteiger partial charge is 0.295 e. The summed E-state index contributed by atoms with van der Waals surface area (Å²) in [5.74, 6) is -0.142. The first-order valence-corrected chi connectivity index (χ1v) is 6.82. The Labute approximate surface area is 118 Å². The van der Waals surface area contributed by atoms with Gasteiger partial charge in [0.2, 0.25) is 0 Å². The van der Waals surface area contributed by atoms with E-state index >= 15 is 0 Å². The second kappa shape index (κ2) is 6.29. The number of benzene rings is 1. The Bertz CT molecular complexity index is 478. The molecule has 1 atom stereocenters. The third-order valence-corrected chi connectivity index (χ3v) is 3.74. The van der Waals surface area contributed by atoms with E-state index in [1.54, 1.807) is 0 Å². The zero-order valence-corrected chi connectivity index (χ0v) is 11.8. The molecule has 7 heteroatoms. The minimum Gasteiger partial charge on any atom is -0.381 e.